The second-order valence-corrected chi connectivity index (χ2v) is 10.1. The van der Waals surface area contributed by atoms with Gasteiger partial charge in [0.2, 0.25) is 0 Å². The van der Waals surface area contributed by atoms with Gasteiger partial charge in [0.05, 0.1) is 17.7 Å². The third-order valence-electron chi connectivity index (χ3n) is 6.35. The SMILES string of the molecule is CC(C)(Cc1csc2ccccc12)NCC(O)C1CCCN1Cc1ccccc1C#N. The van der Waals surface area contributed by atoms with Gasteiger partial charge in [0.25, 0.3) is 0 Å². The van der Waals surface area contributed by atoms with Crippen LogP contribution in [0, 0.1) is 11.3 Å². The Morgan fingerprint density at radius 3 is 2.81 bits per heavy atom. The summed E-state index contributed by atoms with van der Waals surface area (Å²) in [6.07, 6.45) is 2.57. The van der Waals surface area contributed by atoms with Crippen molar-refractivity contribution in [3.05, 3.63) is 70.6 Å². The maximum absolute atomic E-state index is 11.0. The number of nitrogens with one attached hydrogen (secondary N) is 1. The lowest BCUT2D eigenvalue weighted by molar-refractivity contribution is 0.0633. The predicted molar refractivity (Wildman–Crippen MR) is 128 cm³/mol. The summed E-state index contributed by atoms with van der Waals surface area (Å²) in [5.74, 6) is 0. The van der Waals surface area contributed by atoms with E-state index in [-0.39, 0.29) is 11.6 Å². The van der Waals surface area contributed by atoms with Gasteiger partial charge in [-0.1, -0.05) is 36.4 Å². The third kappa shape index (κ3) is 5.16. The molecule has 1 aromatic heterocycles. The Balaban J connectivity index is 1.36. The van der Waals surface area contributed by atoms with Crippen LogP contribution in [0.5, 0.6) is 0 Å². The molecule has 162 valence electrons. The molecule has 0 bridgehead atoms. The summed E-state index contributed by atoms with van der Waals surface area (Å²) in [6, 6.07) is 18.7. The molecule has 2 N–H and O–H groups in total. The molecular formula is C26H31N3OS. The van der Waals surface area contributed by atoms with Crippen LogP contribution in [0.1, 0.15) is 43.4 Å². The molecule has 0 radical (unpaired) electrons. The zero-order chi connectivity index (χ0) is 21.8. The minimum absolute atomic E-state index is 0.109. The van der Waals surface area contributed by atoms with E-state index in [0.29, 0.717) is 6.54 Å². The number of nitrogens with zero attached hydrogens (tertiary/aromatic N) is 2. The summed E-state index contributed by atoms with van der Waals surface area (Å²) < 4.78 is 1.33. The van der Waals surface area contributed by atoms with Gasteiger partial charge in [-0.3, -0.25) is 4.90 Å². The molecule has 1 aliphatic rings. The number of benzene rings is 2. The van der Waals surface area contributed by atoms with Gasteiger partial charge in [0, 0.05) is 29.4 Å². The van der Waals surface area contributed by atoms with E-state index in [1.165, 1.54) is 15.6 Å². The molecule has 1 fully saturated rings. The number of aliphatic hydroxyl groups is 1. The molecule has 0 amide bonds. The van der Waals surface area contributed by atoms with Crippen molar-refractivity contribution in [3.8, 4) is 6.07 Å². The summed E-state index contributed by atoms with van der Waals surface area (Å²) in [7, 11) is 0. The zero-order valence-electron chi connectivity index (χ0n) is 18.3. The molecule has 5 heteroatoms. The summed E-state index contributed by atoms with van der Waals surface area (Å²) in [4.78, 5) is 2.34. The maximum Gasteiger partial charge on any atom is 0.0995 e. The maximum atomic E-state index is 11.0. The van der Waals surface area contributed by atoms with Crippen molar-refractivity contribution >= 4 is 21.4 Å². The standard InChI is InChI=1S/C26H31N3OS/c1-26(2,14-21-18-31-25-12-6-5-10-22(21)25)28-16-24(30)23-11-7-13-29(23)17-20-9-4-3-8-19(20)15-27/h3-6,8-10,12,18,23-24,28,30H,7,11,13-14,16-17H2,1-2H3. The van der Waals surface area contributed by atoms with Crippen molar-refractivity contribution in [1.82, 2.24) is 10.2 Å². The monoisotopic (exact) mass is 433 g/mol. The fourth-order valence-electron chi connectivity index (χ4n) is 4.70. The smallest absolute Gasteiger partial charge is 0.0995 e. The molecule has 2 atom stereocenters. The average Bonchev–Trinajstić information content (AvgIpc) is 3.40. The van der Waals surface area contributed by atoms with Crippen LogP contribution >= 0.6 is 11.3 Å². The number of hydrogen-bond donors (Lipinski definition) is 2. The molecule has 2 unspecified atom stereocenters. The van der Waals surface area contributed by atoms with Crippen LogP contribution in [0.4, 0.5) is 0 Å². The van der Waals surface area contributed by atoms with E-state index in [9.17, 15) is 10.4 Å². The Labute approximate surface area is 189 Å². The first kappa shape index (κ1) is 22.0. The zero-order valence-corrected chi connectivity index (χ0v) is 19.2. The first-order valence-corrected chi connectivity index (χ1v) is 11.9. The molecular weight excluding hydrogens is 402 g/mol. The Bertz CT molecular complexity index is 1070. The summed E-state index contributed by atoms with van der Waals surface area (Å²) in [5.41, 5.74) is 3.02. The highest BCUT2D eigenvalue weighted by Crippen LogP contribution is 2.29. The van der Waals surface area contributed by atoms with Crippen molar-refractivity contribution < 1.29 is 5.11 Å². The first-order valence-electron chi connectivity index (χ1n) is 11.1. The van der Waals surface area contributed by atoms with Crippen LogP contribution in [-0.2, 0) is 13.0 Å². The molecule has 2 aromatic carbocycles. The van der Waals surface area contributed by atoms with E-state index in [4.69, 9.17) is 0 Å². The lowest BCUT2D eigenvalue weighted by atomic mass is 9.94. The van der Waals surface area contributed by atoms with Crippen LogP contribution in [0.3, 0.4) is 0 Å². The molecule has 0 spiro atoms. The van der Waals surface area contributed by atoms with Gasteiger partial charge >= 0.3 is 0 Å². The van der Waals surface area contributed by atoms with Crippen LogP contribution in [0.2, 0.25) is 0 Å². The largest absolute Gasteiger partial charge is 0.390 e. The number of nitriles is 1. The first-order chi connectivity index (χ1) is 15.0. The van der Waals surface area contributed by atoms with Crippen LogP contribution < -0.4 is 5.32 Å². The highest BCUT2D eigenvalue weighted by molar-refractivity contribution is 7.17. The molecule has 31 heavy (non-hydrogen) atoms. The number of likely N-dealkylation sites (tertiary alicyclic amines) is 1. The number of hydrogen-bond acceptors (Lipinski definition) is 5. The van der Waals surface area contributed by atoms with E-state index in [0.717, 1.165) is 43.5 Å². The number of aliphatic hydroxyl groups excluding tert-OH is 1. The van der Waals surface area contributed by atoms with Crippen LogP contribution in [0.25, 0.3) is 10.1 Å². The normalized spacial score (nSPS) is 18.3. The summed E-state index contributed by atoms with van der Waals surface area (Å²) in [6.45, 7) is 6.67. The van der Waals surface area contributed by atoms with E-state index in [1.54, 1.807) is 11.3 Å². The van der Waals surface area contributed by atoms with Gasteiger partial charge in [-0.05, 0) is 73.7 Å². The highest BCUT2D eigenvalue weighted by atomic mass is 32.1. The van der Waals surface area contributed by atoms with Gasteiger partial charge in [-0.25, -0.2) is 0 Å². The average molecular weight is 434 g/mol. The molecule has 2 heterocycles. The van der Waals surface area contributed by atoms with Gasteiger partial charge in [0.1, 0.15) is 0 Å². The van der Waals surface area contributed by atoms with E-state index < -0.39 is 6.10 Å². The van der Waals surface area contributed by atoms with Crippen LogP contribution in [0.15, 0.2) is 53.9 Å². The fraction of sp³-hybridized carbons (Fsp3) is 0.423. The van der Waals surface area contributed by atoms with Crippen LogP contribution in [-0.4, -0.2) is 40.8 Å². The highest BCUT2D eigenvalue weighted by Gasteiger charge is 2.32. The van der Waals surface area contributed by atoms with Crippen molar-refractivity contribution in [1.29, 1.82) is 5.26 Å². The van der Waals surface area contributed by atoms with Gasteiger partial charge in [0.15, 0.2) is 0 Å². The Morgan fingerprint density at radius 1 is 1.19 bits per heavy atom. The predicted octanol–water partition coefficient (Wildman–Crippen LogP) is 4.71. The number of rotatable bonds is 8. The van der Waals surface area contributed by atoms with Crippen molar-refractivity contribution in [3.63, 3.8) is 0 Å². The topological polar surface area (TPSA) is 59.3 Å². The number of thiophene rings is 1. The molecule has 3 aromatic rings. The van der Waals surface area contributed by atoms with Gasteiger partial charge < -0.3 is 10.4 Å². The van der Waals surface area contributed by atoms with Crippen molar-refractivity contribution in [2.75, 3.05) is 13.1 Å². The quantitative estimate of drug-likeness (QED) is 0.540. The Kier molecular flexibility index (Phi) is 6.74. The molecule has 0 saturated carbocycles. The van der Waals surface area contributed by atoms with E-state index in [1.807, 2.05) is 24.3 Å². The second kappa shape index (κ2) is 9.50. The summed E-state index contributed by atoms with van der Waals surface area (Å²) >= 11 is 1.80. The molecule has 0 aliphatic carbocycles. The van der Waals surface area contributed by atoms with Gasteiger partial charge in [-0.2, -0.15) is 5.26 Å². The van der Waals surface area contributed by atoms with E-state index in [2.05, 4.69) is 59.8 Å². The molecule has 1 aliphatic heterocycles. The van der Waals surface area contributed by atoms with Crippen molar-refractivity contribution in [2.45, 2.75) is 57.3 Å². The second-order valence-electron chi connectivity index (χ2n) is 9.22. The summed E-state index contributed by atoms with van der Waals surface area (Å²) in [5, 5.41) is 27.6. The minimum atomic E-state index is -0.435. The van der Waals surface area contributed by atoms with E-state index >= 15 is 0 Å². The van der Waals surface area contributed by atoms with Crippen molar-refractivity contribution in [2.24, 2.45) is 0 Å². The van der Waals surface area contributed by atoms with Gasteiger partial charge in [-0.15, -0.1) is 11.3 Å². The molecule has 4 nitrogen and oxygen atoms in total. The Morgan fingerprint density at radius 2 is 1.97 bits per heavy atom. The third-order valence-corrected chi connectivity index (χ3v) is 7.37. The lowest BCUT2D eigenvalue weighted by Crippen LogP contribution is -2.50. The Hall–Kier alpha value is -2.23. The number of fused-ring (bicyclic) bond motifs is 1. The molecule has 1 saturated heterocycles. The molecule has 4 rings (SSSR count). The lowest BCUT2D eigenvalue weighted by Gasteiger charge is -2.33. The fourth-order valence-corrected chi connectivity index (χ4v) is 5.66. The minimum Gasteiger partial charge on any atom is -0.390 e. The number of β-amino-alcohol motifs (C(OH)–C–C–N with tert-alkyl or cyclic N) is 1.